The Bertz CT molecular complexity index is 374. The van der Waals surface area contributed by atoms with Gasteiger partial charge in [-0.3, -0.25) is 0 Å². The van der Waals surface area contributed by atoms with Crippen LogP contribution in [-0.2, 0) is 9.47 Å². The van der Waals surface area contributed by atoms with E-state index in [1.54, 1.807) is 13.2 Å². The second-order valence-corrected chi connectivity index (χ2v) is 4.41. The van der Waals surface area contributed by atoms with Crippen LogP contribution < -0.4 is 0 Å². The van der Waals surface area contributed by atoms with E-state index in [-0.39, 0.29) is 23.9 Å². The smallest absolute Gasteiger partial charge is 0.127 e. The first-order chi connectivity index (χ1) is 8.11. The third-order valence-corrected chi connectivity index (χ3v) is 3.27. The first-order valence-corrected chi connectivity index (χ1v) is 5.75. The molecule has 1 aliphatic rings. The Kier molecular flexibility index (Phi) is 3.64. The van der Waals surface area contributed by atoms with Crippen LogP contribution in [0, 0.1) is 5.82 Å². The Balaban J connectivity index is 2.30. The molecule has 1 fully saturated rings. The number of hydrogen-bond donors (Lipinski definition) is 1. The molecule has 0 aliphatic carbocycles. The molecule has 0 spiro atoms. The normalized spacial score (nSPS) is 29.2. The lowest BCUT2D eigenvalue weighted by Gasteiger charge is -2.35. The molecule has 0 radical (unpaired) electrons. The second-order valence-electron chi connectivity index (χ2n) is 4.41. The summed E-state index contributed by atoms with van der Waals surface area (Å²) in [6.07, 6.45) is 0.639. The average molecular weight is 240 g/mol. The maximum atomic E-state index is 13.3. The molecule has 17 heavy (non-hydrogen) atoms. The maximum absolute atomic E-state index is 13.3. The maximum Gasteiger partial charge on any atom is 0.127 e. The minimum absolute atomic E-state index is 0.0239. The molecule has 0 amide bonds. The third-order valence-electron chi connectivity index (χ3n) is 3.27. The molecule has 2 rings (SSSR count). The van der Waals surface area contributed by atoms with Crippen LogP contribution in [0.1, 0.15) is 24.8 Å². The van der Waals surface area contributed by atoms with Crippen molar-refractivity contribution in [2.24, 2.45) is 0 Å². The molecular weight excluding hydrogens is 223 g/mol. The zero-order valence-electron chi connectivity index (χ0n) is 10.0. The molecule has 0 bridgehead atoms. The minimum atomic E-state index is -0.422. The fourth-order valence-corrected chi connectivity index (χ4v) is 2.49. The summed E-state index contributed by atoms with van der Waals surface area (Å²) in [5.74, 6) is -0.409. The van der Waals surface area contributed by atoms with Crippen molar-refractivity contribution in [1.29, 1.82) is 0 Å². The van der Waals surface area contributed by atoms with Gasteiger partial charge in [-0.1, -0.05) is 0 Å². The van der Waals surface area contributed by atoms with E-state index >= 15 is 0 Å². The van der Waals surface area contributed by atoms with E-state index in [4.69, 9.17) is 9.47 Å². The number of halogens is 1. The minimum Gasteiger partial charge on any atom is -0.508 e. The average Bonchev–Trinajstić information content (AvgIpc) is 2.27. The van der Waals surface area contributed by atoms with Gasteiger partial charge in [0, 0.05) is 25.7 Å². The van der Waals surface area contributed by atoms with Crippen LogP contribution in [-0.4, -0.2) is 31.0 Å². The molecule has 4 heteroatoms. The number of hydrogen-bond acceptors (Lipinski definition) is 3. The van der Waals surface area contributed by atoms with Crippen molar-refractivity contribution in [1.82, 2.24) is 0 Å². The van der Waals surface area contributed by atoms with E-state index in [0.717, 1.165) is 18.1 Å². The van der Waals surface area contributed by atoms with Crippen molar-refractivity contribution < 1.29 is 19.0 Å². The van der Waals surface area contributed by atoms with Gasteiger partial charge in [0.05, 0.1) is 12.2 Å². The van der Waals surface area contributed by atoms with Crippen LogP contribution >= 0.6 is 0 Å². The standard InChI is InChI=1S/C13H17FO3/c1-8-13(16-2)12(3-4-17-8)9-5-10(14)7-11(15)6-9/h5-8,12-13,15H,3-4H2,1-2H3. The topological polar surface area (TPSA) is 38.7 Å². The van der Waals surface area contributed by atoms with Gasteiger partial charge in [-0.05, 0) is 31.0 Å². The van der Waals surface area contributed by atoms with Gasteiger partial charge < -0.3 is 14.6 Å². The number of methoxy groups -OCH3 is 1. The van der Waals surface area contributed by atoms with Crippen LogP contribution in [0.3, 0.4) is 0 Å². The van der Waals surface area contributed by atoms with Gasteiger partial charge >= 0.3 is 0 Å². The Morgan fingerprint density at radius 3 is 2.82 bits per heavy atom. The lowest BCUT2D eigenvalue weighted by atomic mass is 9.86. The molecule has 1 saturated heterocycles. The Morgan fingerprint density at radius 2 is 2.18 bits per heavy atom. The van der Waals surface area contributed by atoms with Gasteiger partial charge in [-0.25, -0.2) is 4.39 Å². The number of phenols is 1. The van der Waals surface area contributed by atoms with Crippen molar-refractivity contribution >= 4 is 0 Å². The Hall–Kier alpha value is -1.13. The second kappa shape index (κ2) is 5.02. The highest BCUT2D eigenvalue weighted by atomic mass is 19.1. The largest absolute Gasteiger partial charge is 0.508 e. The first-order valence-electron chi connectivity index (χ1n) is 5.75. The van der Waals surface area contributed by atoms with Gasteiger partial charge in [-0.15, -0.1) is 0 Å². The van der Waals surface area contributed by atoms with Gasteiger partial charge in [0.15, 0.2) is 0 Å². The highest BCUT2D eigenvalue weighted by molar-refractivity contribution is 5.32. The molecule has 3 nitrogen and oxygen atoms in total. The summed E-state index contributed by atoms with van der Waals surface area (Å²) in [6.45, 7) is 2.57. The summed E-state index contributed by atoms with van der Waals surface area (Å²) in [6, 6.07) is 4.15. The zero-order valence-corrected chi connectivity index (χ0v) is 10.0. The summed E-state index contributed by atoms with van der Waals surface area (Å²) in [7, 11) is 1.63. The molecule has 1 aromatic rings. The molecule has 94 valence electrons. The highest BCUT2D eigenvalue weighted by Gasteiger charge is 2.33. The van der Waals surface area contributed by atoms with Crippen molar-refractivity contribution in [3.8, 4) is 5.75 Å². The third kappa shape index (κ3) is 2.58. The van der Waals surface area contributed by atoms with Crippen molar-refractivity contribution in [2.45, 2.75) is 31.5 Å². The zero-order chi connectivity index (χ0) is 12.4. The number of phenolic OH excluding ortho intramolecular Hbond substituents is 1. The van der Waals surface area contributed by atoms with E-state index in [1.165, 1.54) is 6.07 Å². The SMILES string of the molecule is COC1C(C)OCCC1c1cc(O)cc(F)c1. The van der Waals surface area contributed by atoms with Gasteiger partial charge in [0.2, 0.25) is 0 Å². The number of ether oxygens (including phenoxy) is 2. The van der Waals surface area contributed by atoms with Crippen LogP contribution in [0.5, 0.6) is 5.75 Å². The molecule has 1 aliphatic heterocycles. The predicted octanol–water partition coefficient (Wildman–Crippen LogP) is 2.44. The monoisotopic (exact) mass is 240 g/mol. The van der Waals surface area contributed by atoms with E-state index in [1.807, 2.05) is 6.92 Å². The van der Waals surface area contributed by atoms with Crippen LogP contribution in [0.25, 0.3) is 0 Å². The van der Waals surface area contributed by atoms with E-state index < -0.39 is 5.82 Å². The highest BCUT2D eigenvalue weighted by Crippen LogP contribution is 2.34. The number of aromatic hydroxyl groups is 1. The van der Waals surface area contributed by atoms with Crippen LogP contribution in [0.4, 0.5) is 4.39 Å². The Labute approximate surface area is 100 Å². The molecule has 1 N–H and O–H groups in total. The van der Waals surface area contributed by atoms with Gasteiger partial charge in [0.25, 0.3) is 0 Å². The van der Waals surface area contributed by atoms with Gasteiger partial charge in [-0.2, -0.15) is 0 Å². The van der Waals surface area contributed by atoms with Crippen molar-refractivity contribution in [3.63, 3.8) is 0 Å². The molecule has 3 atom stereocenters. The van der Waals surface area contributed by atoms with Crippen molar-refractivity contribution in [2.75, 3.05) is 13.7 Å². The fourth-order valence-electron chi connectivity index (χ4n) is 2.49. The summed E-state index contributed by atoms with van der Waals surface area (Å²) in [5, 5.41) is 9.44. The molecule has 0 aromatic heterocycles. The number of benzene rings is 1. The fraction of sp³-hybridized carbons (Fsp3) is 0.538. The van der Waals surface area contributed by atoms with Crippen molar-refractivity contribution in [3.05, 3.63) is 29.6 Å². The lowest BCUT2D eigenvalue weighted by molar-refractivity contribution is -0.0937. The van der Waals surface area contributed by atoms with Crippen LogP contribution in [0.15, 0.2) is 18.2 Å². The molecule has 3 unspecified atom stereocenters. The molecule has 0 saturated carbocycles. The summed E-state index contributed by atoms with van der Waals surface area (Å²) < 4.78 is 24.2. The molecule has 1 aromatic carbocycles. The molecule has 1 heterocycles. The van der Waals surface area contributed by atoms with Crippen LogP contribution in [0.2, 0.25) is 0 Å². The summed E-state index contributed by atoms with van der Waals surface area (Å²) in [4.78, 5) is 0. The summed E-state index contributed by atoms with van der Waals surface area (Å²) >= 11 is 0. The lowest BCUT2D eigenvalue weighted by Crippen LogP contribution is -2.39. The quantitative estimate of drug-likeness (QED) is 0.863. The molecular formula is C13H17FO3. The first kappa shape index (κ1) is 12.3. The van der Waals surface area contributed by atoms with E-state index in [9.17, 15) is 9.50 Å². The Morgan fingerprint density at radius 1 is 1.41 bits per heavy atom. The number of rotatable bonds is 2. The van der Waals surface area contributed by atoms with Gasteiger partial charge in [0.1, 0.15) is 11.6 Å². The predicted molar refractivity (Wildman–Crippen MR) is 61.6 cm³/mol. The summed E-state index contributed by atoms with van der Waals surface area (Å²) in [5.41, 5.74) is 0.768. The van der Waals surface area contributed by atoms with E-state index in [0.29, 0.717) is 6.61 Å². The van der Waals surface area contributed by atoms with E-state index in [2.05, 4.69) is 0 Å².